The van der Waals surface area contributed by atoms with Gasteiger partial charge in [0.25, 0.3) is 0 Å². The lowest BCUT2D eigenvalue weighted by molar-refractivity contribution is 0.718. The molecule has 0 aliphatic rings. The number of rotatable bonds is 9. The highest BCUT2D eigenvalue weighted by Crippen LogP contribution is 2.48. The van der Waals surface area contributed by atoms with Crippen molar-refractivity contribution in [1.29, 1.82) is 0 Å². The maximum atomic E-state index is 4.56. The van der Waals surface area contributed by atoms with Gasteiger partial charge in [0.2, 0.25) is 0 Å². The SMILES string of the molecule is C.C.C=C/C(=C(\C=C/C)C(C(=C)/C=C\C)(c1ccccc1)c1ccccc1)C(C)C=C.CC.CC. The van der Waals surface area contributed by atoms with Crippen molar-refractivity contribution in [2.75, 3.05) is 0 Å². The minimum Gasteiger partial charge on any atom is -0.102 e. The average Bonchev–Trinajstić information content (AvgIpc) is 2.88. The highest BCUT2D eigenvalue weighted by Gasteiger charge is 2.40. The Morgan fingerprint density at radius 3 is 1.46 bits per heavy atom. The van der Waals surface area contributed by atoms with Gasteiger partial charge in [-0.1, -0.05) is 160 Å². The van der Waals surface area contributed by atoms with Crippen LogP contribution in [0.3, 0.4) is 0 Å². The van der Waals surface area contributed by atoms with Crippen molar-refractivity contribution in [1.82, 2.24) is 0 Å². The first-order chi connectivity index (χ1) is 16.1. The van der Waals surface area contributed by atoms with Gasteiger partial charge in [-0.05, 0) is 47.6 Å². The van der Waals surface area contributed by atoms with E-state index in [0.29, 0.717) is 0 Å². The van der Waals surface area contributed by atoms with Crippen molar-refractivity contribution in [3.63, 3.8) is 0 Å². The summed E-state index contributed by atoms with van der Waals surface area (Å²) in [6.07, 6.45) is 12.4. The van der Waals surface area contributed by atoms with Gasteiger partial charge in [-0.25, -0.2) is 0 Å². The molecule has 0 fully saturated rings. The summed E-state index contributed by atoms with van der Waals surface area (Å²) in [5.74, 6) is 0.156. The minimum absolute atomic E-state index is 0. The molecule has 0 spiro atoms. The molecule has 35 heavy (non-hydrogen) atoms. The van der Waals surface area contributed by atoms with E-state index in [4.69, 9.17) is 0 Å². The summed E-state index contributed by atoms with van der Waals surface area (Å²) in [4.78, 5) is 0. The molecule has 0 amide bonds. The molecule has 0 saturated heterocycles. The Morgan fingerprint density at radius 2 is 1.14 bits per heavy atom. The number of hydrogen-bond acceptors (Lipinski definition) is 0. The maximum absolute atomic E-state index is 4.56. The Labute approximate surface area is 219 Å². The Balaban J connectivity index is -0.00000162. The van der Waals surface area contributed by atoms with Crippen molar-refractivity contribution < 1.29 is 0 Å². The average molecular weight is 473 g/mol. The third-order valence-electron chi connectivity index (χ3n) is 5.38. The molecule has 0 aliphatic carbocycles. The Bertz CT molecular complexity index is 881. The van der Waals surface area contributed by atoms with Crippen molar-refractivity contribution in [3.05, 3.63) is 145 Å². The zero-order valence-corrected chi connectivity index (χ0v) is 21.9. The molecule has 0 aliphatic heterocycles. The quantitative estimate of drug-likeness (QED) is 0.251. The second-order valence-electron chi connectivity index (χ2n) is 7.10. The fraction of sp³-hybridized carbons (Fsp3) is 0.314. The molecule has 0 saturated carbocycles. The van der Waals surface area contributed by atoms with Crippen LogP contribution in [0, 0.1) is 5.92 Å². The van der Waals surface area contributed by atoms with Gasteiger partial charge in [0.15, 0.2) is 0 Å². The maximum Gasteiger partial charge on any atom is 0.0698 e. The first kappa shape index (κ1) is 36.4. The van der Waals surface area contributed by atoms with Gasteiger partial charge in [-0.3, -0.25) is 0 Å². The molecule has 0 N–H and O–H groups in total. The lowest BCUT2D eigenvalue weighted by atomic mass is 9.62. The summed E-state index contributed by atoms with van der Waals surface area (Å²) in [7, 11) is 0. The van der Waals surface area contributed by atoms with Crippen LogP contribution < -0.4 is 0 Å². The fourth-order valence-corrected chi connectivity index (χ4v) is 4.00. The molecule has 2 rings (SSSR count). The van der Waals surface area contributed by atoms with E-state index in [9.17, 15) is 0 Å². The third-order valence-corrected chi connectivity index (χ3v) is 5.38. The van der Waals surface area contributed by atoms with Gasteiger partial charge in [0.1, 0.15) is 0 Å². The van der Waals surface area contributed by atoms with Gasteiger partial charge in [-0.2, -0.15) is 0 Å². The van der Waals surface area contributed by atoms with Gasteiger partial charge in [-0.15, -0.1) is 6.58 Å². The second kappa shape index (κ2) is 20.3. The number of benzene rings is 2. The summed E-state index contributed by atoms with van der Waals surface area (Å²) < 4.78 is 0. The molecule has 0 heterocycles. The summed E-state index contributed by atoms with van der Waals surface area (Å²) in [5, 5.41) is 0. The topological polar surface area (TPSA) is 0 Å². The van der Waals surface area contributed by atoms with Crippen molar-refractivity contribution >= 4 is 0 Å². The molecule has 0 nitrogen and oxygen atoms in total. The van der Waals surface area contributed by atoms with Crippen LogP contribution in [0.4, 0.5) is 0 Å². The van der Waals surface area contributed by atoms with Crippen LogP contribution in [0.25, 0.3) is 0 Å². The van der Waals surface area contributed by atoms with E-state index in [2.05, 4.69) is 119 Å². The van der Waals surface area contributed by atoms with E-state index >= 15 is 0 Å². The Kier molecular flexibility index (Phi) is 21.1. The molecule has 192 valence electrons. The lowest BCUT2D eigenvalue weighted by Crippen LogP contribution is -2.33. The van der Waals surface area contributed by atoms with Crippen LogP contribution in [-0.2, 0) is 5.41 Å². The van der Waals surface area contributed by atoms with Crippen molar-refractivity contribution in [2.45, 2.75) is 68.7 Å². The first-order valence-corrected chi connectivity index (χ1v) is 12.1. The standard InChI is InChI=1S/C29H32.2C2H6.2CH4/c1-7-17-24(6)29(25-19-13-11-14-20-25,26-21-15-12-16-22-26)28(18-8-2)27(10-4)23(5)9-3;2*1-2;;/h7-23H,3-4,6H2,1-2,5H3;2*1-2H3;2*1H4/b17-7-,18-8-,28-27-;;;;. The van der Waals surface area contributed by atoms with Gasteiger partial charge < -0.3 is 0 Å². The smallest absolute Gasteiger partial charge is 0.0698 e. The van der Waals surface area contributed by atoms with E-state index < -0.39 is 5.41 Å². The van der Waals surface area contributed by atoms with Crippen LogP contribution in [0.5, 0.6) is 0 Å². The van der Waals surface area contributed by atoms with Gasteiger partial charge >= 0.3 is 0 Å². The molecule has 0 aromatic heterocycles. The molecular weight excluding hydrogens is 420 g/mol. The number of allylic oxidation sites excluding steroid dienone is 9. The summed E-state index contributed by atoms with van der Waals surface area (Å²) in [5.41, 5.74) is 5.15. The predicted octanol–water partition coefficient (Wildman–Crippen LogP) is 11.3. The van der Waals surface area contributed by atoms with Crippen LogP contribution in [0.1, 0.15) is 74.4 Å². The normalized spacial score (nSPS) is 11.9. The summed E-state index contributed by atoms with van der Waals surface area (Å²) in [6.45, 7) is 27.0. The van der Waals surface area contributed by atoms with Gasteiger partial charge in [0.05, 0.1) is 5.41 Å². The molecule has 1 unspecified atom stereocenters. The summed E-state index contributed by atoms with van der Waals surface area (Å²) >= 11 is 0. The fourth-order valence-electron chi connectivity index (χ4n) is 4.00. The summed E-state index contributed by atoms with van der Waals surface area (Å²) in [6, 6.07) is 21.2. The first-order valence-electron chi connectivity index (χ1n) is 12.1. The Hall–Kier alpha value is -3.12. The molecular formula is C35H52. The molecule has 0 bridgehead atoms. The predicted molar refractivity (Wildman–Crippen MR) is 165 cm³/mol. The molecule has 1 atom stereocenters. The van der Waals surface area contributed by atoms with E-state index in [0.717, 1.165) is 11.1 Å². The second-order valence-corrected chi connectivity index (χ2v) is 7.10. The molecule has 0 heteroatoms. The van der Waals surface area contributed by atoms with E-state index in [-0.39, 0.29) is 20.8 Å². The highest BCUT2D eigenvalue weighted by atomic mass is 14.4. The van der Waals surface area contributed by atoms with E-state index in [1.54, 1.807) is 0 Å². The molecule has 0 radical (unpaired) electrons. The van der Waals surface area contributed by atoms with Crippen molar-refractivity contribution in [2.24, 2.45) is 5.92 Å². The van der Waals surface area contributed by atoms with Gasteiger partial charge in [0, 0.05) is 0 Å². The van der Waals surface area contributed by atoms with Crippen LogP contribution in [0.2, 0.25) is 0 Å². The lowest BCUT2D eigenvalue weighted by Gasteiger charge is -2.39. The van der Waals surface area contributed by atoms with Crippen LogP contribution in [0.15, 0.2) is 134 Å². The van der Waals surface area contributed by atoms with Crippen LogP contribution in [-0.4, -0.2) is 0 Å². The highest BCUT2D eigenvalue weighted by molar-refractivity contribution is 5.64. The van der Waals surface area contributed by atoms with E-state index in [1.807, 2.05) is 46.8 Å². The minimum atomic E-state index is -0.539. The van der Waals surface area contributed by atoms with E-state index in [1.165, 1.54) is 16.7 Å². The third kappa shape index (κ3) is 8.55. The largest absolute Gasteiger partial charge is 0.102 e. The Morgan fingerprint density at radius 1 is 0.743 bits per heavy atom. The number of hydrogen-bond donors (Lipinski definition) is 0. The zero-order chi connectivity index (χ0) is 25.3. The molecule has 2 aromatic carbocycles. The zero-order valence-electron chi connectivity index (χ0n) is 21.9. The monoisotopic (exact) mass is 472 g/mol. The molecule has 2 aromatic rings. The van der Waals surface area contributed by atoms with Crippen molar-refractivity contribution in [3.8, 4) is 0 Å². The van der Waals surface area contributed by atoms with Crippen LogP contribution >= 0.6 is 0 Å².